The van der Waals surface area contributed by atoms with Gasteiger partial charge in [-0.3, -0.25) is 9.59 Å². The van der Waals surface area contributed by atoms with Crippen molar-refractivity contribution in [3.63, 3.8) is 0 Å². The molecule has 0 spiro atoms. The fraction of sp³-hybridized carbons (Fsp3) is 0.290. The number of carbonyl (C=O) groups is 2. The van der Waals surface area contributed by atoms with Crippen molar-refractivity contribution in [2.75, 3.05) is 10.0 Å². The van der Waals surface area contributed by atoms with Gasteiger partial charge in [0.2, 0.25) is 0 Å². The lowest BCUT2D eigenvalue weighted by atomic mass is 9.73. The largest absolute Gasteiger partial charge is 0.508 e. The van der Waals surface area contributed by atoms with Gasteiger partial charge in [-0.2, -0.15) is 10.2 Å². The van der Waals surface area contributed by atoms with Crippen LogP contribution in [0.2, 0.25) is 0 Å². The zero-order valence-corrected chi connectivity index (χ0v) is 22.6. The number of rotatable bonds is 5. The normalized spacial score (nSPS) is 20.2. The molecule has 0 saturated heterocycles. The van der Waals surface area contributed by atoms with Crippen molar-refractivity contribution in [1.29, 1.82) is 0 Å². The molecule has 3 aromatic rings. The van der Waals surface area contributed by atoms with Gasteiger partial charge < -0.3 is 5.11 Å². The Morgan fingerprint density at radius 3 is 1.55 bits per heavy atom. The lowest BCUT2D eigenvalue weighted by Crippen LogP contribution is -2.40. The maximum absolute atomic E-state index is 14.0. The molecule has 7 heteroatoms. The molecule has 3 atom stereocenters. The standard InChI is InChI=1S/C31H32N4O3/c1-17-10-12-24(14-19(17)3)34-30(37)27(21(5)32-34)29(23-8-7-9-26(36)16-23)28-22(6)33-35(31(28)38)25-13-11-18(2)20(4)15-25/h7-16,27-29,36H,1-6H3/t27-,28+,29?. The first kappa shape index (κ1) is 25.4. The van der Waals surface area contributed by atoms with Gasteiger partial charge in [0.15, 0.2) is 0 Å². The third-order valence-electron chi connectivity index (χ3n) is 7.81. The predicted molar refractivity (Wildman–Crippen MR) is 151 cm³/mol. The van der Waals surface area contributed by atoms with Gasteiger partial charge in [-0.1, -0.05) is 24.3 Å². The zero-order valence-electron chi connectivity index (χ0n) is 22.6. The van der Waals surface area contributed by atoms with Gasteiger partial charge in [-0.15, -0.1) is 0 Å². The van der Waals surface area contributed by atoms with E-state index in [-0.39, 0.29) is 17.6 Å². The van der Waals surface area contributed by atoms with Gasteiger partial charge in [-0.05, 0) is 106 Å². The average Bonchev–Trinajstić information content (AvgIpc) is 3.33. The molecule has 1 N–H and O–H groups in total. The molecule has 0 saturated carbocycles. The Bertz CT molecular complexity index is 1430. The van der Waals surface area contributed by atoms with E-state index in [0.29, 0.717) is 28.4 Å². The van der Waals surface area contributed by atoms with Crippen LogP contribution in [-0.2, 0) is 9.59 Å². The van der Waals surface area contributed by atoms with Gasteiger partial charge >= 0.3 is 0 Å². The molecule has 2 aliphatic heterocycles. The van der Waals surface area contributed by atoms with Gasteiger partial charge in [-0.25, -0.2) is 10.0 Å². The second-order valence-electron chi connectivity index (χ2n) is 10.4. The van der Waals surface area contributed by atoms with Crippen molar-refractivity contribution in [2.24, 2.45) is 22.0 Å². The number of aromatic hydroxyl groups is 1. The van der Waals surface area contributed by atoms with E-state index in [9.17, 15) is 14.7 Å². The van der Waals surface area contributed by atoms with Crippen LogP contribution in [0.15, 0.2) is 70.9 Å². The van der Waals surface area contributed by atoms with E-state index >= 15 is 0 Å². The van der Waals surface area contributed by atoms with Gasteiger partial charge in [0, 0.05) is 17.3 Å². The summed E-state index contributed by atoms with van der Waals surface area (Å²) < 4.78 is 0. The second kappa shape index (κ2) is 9.56. The fourth-order valence-electron chi connectivity index (χ4n) is 5.38. The number of benzene rings is 3. The van der Waals surface area contributed by atoms with E-state index in [4.69, 9.17) is 0 Å². The van der Waals surface area contributed by atoms with E-state index in [1.54, 1.807) is 18.2 Å². The minimum absolute atomic E-state index is 0.0737. The molecule has 2 amide bonds. The van der Waals surface area contributed by atoms with Crippen LogP contribution in [0, 0.1) is 39.5 Å². The molecule has 5 rings (SSSR count). The molecule has 194 valence electrons. The molecule has 2 aliphatic rings. The molecule has 2 heterocycles. The summed E-state index contributed by atoms with van der Waals surface area (Å²) in [5, 5.41) is 22.5. The minimum atomic E-state index is -0.697. The van der Waals surface area contributed by atoms with Crippen molar-refractivity contribution in [3.8, 4) is 5.75 Å². The number of amides is 2. The third-order valence-corrected chi connectivity index (χ3v) is 7.81. The summed E-state index contributed by atoms with van der Waals surface area (Å²) in [7, 11) is 0. The van der Waals surface area contributed by atoms with E-state index in [0.717, 1.165) is 22.3 Å². The van der Waals surface area contributed by atoms with Crippen LogP contribution in [0.5, 0.6) is 5.75 Å². The summed E-state index contributed by atoms with van der Waals surface area (Å²) >= 11 is 0. The van der Waals surface area contributed by atoms with Crippen LogP contribution < -0.4 is 10.0 Å². The van der Waals surface area contributed by atoms with E-state index in [1.807, 2.05) is 84.0 Å². The second-order valence-corrected chi connectivity index (χ2v) is 10.4. The summed E-state index contributed by atoms with van der Waals surface area (Å²) in [5.41, 5.74) is 7.69. The van der Waals surface area contributed by atoms with Crippen molar-refractivity contribution in [3.05, 3.63) is 88.5 Å². The summed E-state index contributed by atoms with van der Waals surface area (Å²) in [6, 6.07) is 18.4. The molecule has 0 radical (unpaired) electrons. The molecule has 0 fully saturated rings. The van der Waals surface area contributed by atoms with Gasteiger partial charge in [0.05, 0.1) is 23.2 Å². The number of phenolic OH excluding ortho intramolecular Hbond substituents is 1. The molecule has 3 aromatic carbocycles. The number of hydrogen-bond donors (Lipinski definition) is 1. The van der Waals surface area contributed by atoms with Crippen LogP contribution in [0.25, 0.3) is 0 Å². The highest BCUT2D eigenvalue weighted by molar-refractivity contribution is 6.19. The topological polar surface area (TPSA) is 85.6 Å². The molecular weight excluding hydrogens is 476 g/mol. The number of phenols is 1. The Morgan fingerprint density at radius 1 is 0.658 bits per heavy atom. The highest BCUT2D eigenvalue weighted by Crippen LogP contribution is 2.43. The molecular formula is C31H32N4O3. The molecule has 0 aromatic heterocycles. The minimum Gasteiger partial charge on any atom is -0.508 e. The molecule has 0 aliphatic carbocycles. The van der Waals surface area contributed by atoms with Crippen LogP contribution in [0.3, 0.4) is 0 Å². The SMILES string of the molecule is CC1=NN(c2ccc(C)c(C)c2)C(=O)[C@H]1C(c1cccc(O)c1)[C@H]1C(=O)N(c2ccc(C)c(C)c2)N=C1C. The quantitative estimate of drug-likeness (QED) is 0.474. The first-order valence-corrected chi connectivity index (χ1v) is 12.8. The van der Waals surface area contributed by atoms with Crippen molar-refractivity contribution < 1.29 is 14.7 Å². The summed E-state index contributed by atoms with van der Waals surface area (Å²) in [4.78, 5) is 28.0. The van der Waals surface area contributed by atoms with E-state index < -0.39 is 17.8 Å². The highest BCUT2D eigenvalue weighted by atomic mass is 16.3. The zero-order chi connectivity index (χ0) is 27.3. The molecule has 1 unspecified atom stereocenters. The maximum atomic E-state index is 14.0. The lowest BCUT2D eigenvalue weighted by Gasteiger charge is -2.29. The predicted octanol–water partition coefficient (Wildman–Crippen LogP) is 5.79. The number of nitrogens with zero attached hydrogens (tertiary/aromatic N) is 4. The Morgan fingerprint density at radius 2 is 1.13 bits per heavy atom. The van der Waals surface area contributed by atoms with Crippen molar-refractivity contribution >= 4 is 34.6 Å². The first-order chi connectivity index (χ1) is 18.1. The first-order valence-electron chi connectivity index (χ1n) is 12.8. The van der Waals surface area contributed by atoms with Crippen molar-refractivity contribution in [1.82, 2.24) is 0 Å². The van der Waals surface area contributed by atoms with E-state index in [2.05, 4.69) is 10.2 Å². The number of aryl methyl sites for hydroxylation is 4. The van der Waals surface area contributed by atoms with Crippen LogP contribution in [0.1, 0.15) is 47.6 Å². The smallest absolute Gasteiger partial charge is 0.256 e. The Labute approximate surface area is 223 Å². The Hall–Kier alpha value is -4.26. The Balaban J connectivity index is 1.57. The van der Waals surface area contributed by atoms with Crippen molar-refractivity contribution in [2.45, 2.75) is 47.5 Å². The molecule has 0 bridgehead atoms. The van der Waals surface area contributed by atoms with Gasteiger partial charge in [0.25, 0.3) is 11.8 Å². The monoisotopic (exact) mass is 508 g/mol. The fourth-order valence-corrected chi connectivity index (χ4v) is 5.38. The summed E-state index contributed by atoms with van der Waals surface area (Å²) in [6.45, 7) is 11.7. The number of hydrazone groups is 2. The number of carbonyl (C=O) groups excluding carboxylic acids is 2. The summed E-state index contributed by atoms with van der Waals surface area (Å²) in [6.07, 6.45) is 0. The summed E-state index contributed by atoms with van der Waals surface area (Å²) in [5.74, 6) is -2.32. The number of hydrogen-bond acceptors (Lipinski definition) is 5. The van der Waals surface area contributed by atoms with Gasteiger partial charge in [0.1, 0.15) is 5.75 Å². The van der Waals surface area contributed by atoms with Crippen LogP contribution >= 0.6 is 0 Å². The lowest BCUT2D eigenvalue weighted by molar-refractivity contribution is -0.122. The van der Waals surface area contributed by atoms with E-state index in [1.165, 1.54) is 10.0 Å². The van der Waals surface area contributed by atoms with Crippen LogP contribution in [-0.4, -0.2) is 28.3 Å². The average molecular weight is 509 g/mol. The maximum Gasteiger partial charge on any atom is 0.256 e. The van der Waals surface area contributed by atoms with Crippen LogP contribution in [0.4, 0.5) is 11.4 Å². The third kappa shape index (κ3) is 4.28. The Kier molecular flexibility index (Phi) is 6.39. The highest BCUT2D eigenvalue weighted by Gasteiger charge is 2.50. The number of anilines is 2. The molecule has 7 nitrogen and oxygen atoms in total. The molecule has 38 heavy (non-hydrogen) atoms.